The molecule has 0 aromatic heterocycles. The molecule has 0 atom stereocenters. The van der Waals surface area contributed by atoms with Gasteiger partial charge in [0.05, 0.1) is 4.92 Å². The maximum Gasteiger partial charge on any atom is 0.312 e. The van der Waals surface area contributed by atoms with Crippen molar-refractivity contribution in [3.05, 3.63) is 63.2 Å². The topological polar surface area (TPSA) is 52.4 Å². The maximum atomic E-state index is 11.1. The quantitative estimate of drug-likeness (QED) is 0.464. The minimum absolute atomic E-state index is 0.0241. The molecule has 0 aliphatic carbocycles. The largest absolute Gasteiger partial charge is 0.450 e. The van der Waals surface area contributed by atoms with Gasteiger partial charge in [-0.05, 0) is 42.7 Å². The SMILES string of the molecule is Cc1cc(C)c(Oc2ccc(CCl)cc2)c([N+](=O)[O-])c1. The lowest BCUT2D eigenvalue weighted by Crippen LogP contribution is -1.97. The van der Waals surface area contributed by atoms with Crippen molar-refractivity contribution in [3.63, 3.8) is 0 Å². The Kier molecular flexibility index (Phi) is 4.25. The molecule has 0 unspecified atom stereocenters. The Morgan fingerprint density at radius 2 is 1.85 bits per heavy atom. The van der Waals surface area contributed by atoms with E-state index in [4.69, 9.17) is 16.3 Å². The van der Waals surface area contributed by atoms with Crippen LogP contribution in [0.5, 0.6) is 11.5 Å². The molecule has 0 radical (unpaired) electrons. The number of hydrogen-bond acceptors (Lipinski definition) is 3. The number of alkyl halides is 1. The Labute approximate surface area is 122 Å². The minimum Gasteiger partial charge on any atom is -0.450 e. The first kappa shape index (κ1) is 14.3. The van der Waals surface area contributed by atoms with Crippen molar-refractivity contribution in [1.29, 1.82) is 0 Å². The number of nitro benzene ring substituents is 1. The van der Waals surface area contributed by atoms with Crippen molar-refractivity contribution < 1.29 is 9.66 Å². The second kappa shape index (κ2) is 5.92. The van der Waals surface area contributed by atoms with E-state index in [1.54, 1.807) is 19.1 Å². The van der Waals surface area contributed by atoms with Crippen LogP contribution in [0.3, 0.4) is 0 Å². The van der Waals surface area contributed by atoms with Gasteiger partial charge in [-0.15, -0.1) is 11.6 Å². The Hall–Kier alpha value is -2.07. The summed E-state index contributed by atoms with van der Waals surface area (Å²) in [6.45, 7) is 3.61. The molecule has 0 fully saturated rings. The van der Waals surface area contributed by atoms with Crippen LogP contribution in [0, 0.1) is 24.0 Å². The molecule has 0 bridgehead atoms. The fraction of sp³-hybridized carbons (Fsp3) is 0.200. The van der Waals surface area contributed by atoms with E-state index in [0.717, 1.165) is 16.7 Å². The smallest absolute Gasteiger partial charge is 0.312 e. The van der Waals surface area contributed by atoms with Crippen LogP contribution in [0.15, 0.2) is 36.4 Å². The summed E-state index contributed by atoms with van der Waals surface area (Å²) in [7, 11) is 0. The number of aryl methyl sites for hydroxylation is 2. The molecule has 0 aliphatic rings. The van der Waals surface area contributed by atoms with E-state index in [1.807, 2.05) is 25.1 Å². The van der Waals surface area contributed by atoms with E-state index >= 15 is 0 Å². The summed E-state index contributed by atoms with van der Waals surface area (Å²) < 4.78 is 5.67. The number of nitro groups is 1. The van der Waals surface area contributed by atoms with Gasteiger partial charge in [-0.1, -0.05) is 18.2 Å². The van der Waals surface area contributed by atoms with Gasteiger partial charge in [0.25, 0.3) is 0 Å². The van der Waals surface area contributed by atoms with Gasteiger partial charge < -0.3 is 4.74 Å². The summed E-state index contributed by atoms with van der Waals surface area (Å²) in [6, 6.07) is 10.5. The lowest BCUT2D eigenvalue weighted by molar-refractivity contribution is -0.385. The van der Waals surface area contributed by atoms with E-state index in [9.17, 15) is 10.1 Å². The van der Waals surface area contributed by atoms with Crippen molar-refractivity contribution in [2.45, 2.75) is 19.7 Å². The summed E-state index contributed by atoms with van der Waals surface area (Å²) in [4.78, 5) is 10.7. The van der Waals surface area contributed by atoms with Gasteiger partial charge in [0.1, 0.15) is 5.75 Å². The van der Waals surface area contributed by atoms with Gasteiger partial charge in [-0.2, -0.15) is 0 Å². The fourth-order valence-electron chi connectivity index (χ4n) is 1.96. The zero-order valence-electron chi connectivity index (χ0n) is 11.2. The maximum absolute atomic E-state index is 11.1. The van der Waals surface area contributed by atoms with Crippen molar-refractivity contribution in [2.24, 2.45) is 0 Å². The molecule has 0 aliphatic heterocycles. The molecular weight excluding hydrogens is 278 g/mol. The normalized spacial score (nSPS) is 10.3. The molecule has 2 aromatic rings. The van der Waals surface area contributed by atoms with Crippen LogP contribution in [0.1, 0.15) is 16.7 Å². The minimum atomic E-state index is -0.428. The number of ether oxygens (including phenoxy) is 1. The van der Waals surface area contributed by atoms with Gasteiger partial charge in [0, 0.05) is 11.9 Å². The highest BCUT2D eigenvalue weighted by atomic mass is 35.5. The third kappa shape index (κ3) is 3.08. The molecule has 0 saturated carbocycles. The highest BCUT2D eigenvalue weighted by molar-refractivity contribution is 6.17. The van der Waals surface area contributed by atoms with Gasteiger partial charge in [-0.3, -0.25) is 10.1 Å². The summed E-state index contributed by atoms with van der Waals surface area (Å²) in [5, 5.41) is 11.1. The first-order valence-corrected chi connectivity index (χ1v) is 6.63. The highest BCUT2D eigenvalue weighted by Gasteiger charge is 2.19. The van der Waals surface area contributed by atoms with Gasteiger partial charge in [0.2, 0.25) is 5.75 Å². The van der Waals surface area contributed by atoms with Crippen LogP contribution < -0.4 is 4.74 Å². The monoisotopic (exact) mass is 291 g/mol. The second-order valence-corrected chi connectivity index (χ2v) is 4.83. The molecule has 0 amide bonds. The third-order valence-electron chi connectivity index (χ3n) is 2.89. The predicted octanol–water partition coefficient (Wildman–Crippen LogP) is 4.74. The van der Waals surface area contributed by atoms with Crippen LogP contribution in [0.2, 0.25) is 0 Å². The van der Waals surface area contributed by atoms with Crippen molar-refractivity contribution in [3.8, 4) is 11.5 Å². The molecule has 0 spiro atoms. The third-order valence-corrected chi connectivity index (χ3v) is 3.20. The van der Waals surface area contributed by atoms with Crippen molar-refractivity contribution in [1.82, 2.24) is 0 Å². The Bertz CT molecular complexity index is 638. The van der Waals surface area contributed by atoms with Crippen LogP contribution in [0.25, 0.3) is 0 Å². The molecule has 0 N–H and O–H groups in total. The van der Waals surface area contributed by atoms with E-state index in [2.05, 4.69) is 0 Å². The first-order chi connectivity index (χ1) is 9.51. The average Bonchev–Trinajstić information content (AvgIpc) is 2.42. The first-order valence-electron chi connectivity index (χ1n) is 6.09. The molecule has 2 rings (SSSR count). The molecule has 5 heteroatoms. The molecule has 2 aromatic carbocycles. The lowest BCUT2D eigenvalue weighted by atomic mass is 10.1. The van der Waals surface area contributed by atoms with Crippen LogP contribution in [-0.2, 0) is 5.88 Å². The zero-order chi connectivity index (χ0) is 14.7. The van der Waals surface area contributed by atoms with Crippen molar-refractivity contribution in [2.75, 3.05) is 0 Å². The molecule has 0 saturated heterocycles. The standard InChI is InChI=1S/C15H14ClNO3/c1-10-7-11(2)15(14(8-10)17(18)19)20-13-5-3-12(9-16)4-6-13/h3-8H,9H2,1-2H3. The number of halogens is 1. The predicted molar refractivity (Wildman–Crippen MR) is 78.6 cm³/mol. The highest BCUT2D eigenvalue weighted by Crippen LogP contribution is 2.35. The van der Waals surface area contributed by atoms with E-state index in [1.165, 1.54) is 6.07 Å². The number of rotatable bonds is 4. The summed E-state index contributed by atoms with van der Waals surface area (Å²) in [5.74, 6) is 1.25. The Morgan fingerprint density at radius 3 is 2.40 bits per heavy atom. The number of nitrogens with zero attached hydrogens (tertiary/aromatic N) is 1. The van der Waals surface area contributed by atoms with Crippen LogP contribution in [-0.4, -0.2) is 4.92 Å². The molecule has 4 nitrogen and oxygen atoms in total. The number of benzene rings is 2. The van der Waals surface area contributed by atoms with Gasteiger partial charge in [0.15, 0.2) is 0 Å². The van der Waals surface area contributed by atoms with Gasteiger partial charge >= 0.3 is 5.69 Å². The van der Waals surface area contributed by atoms with E-state index in [-0.39, 0.29) is 11.4 Å². The second-order valence-electron chi connectivity index (χ2n) is 4.57. The van der Waals surface area contributed by atoms with E-state index < -0.39 is 4.92 Å². The van der Waals surface area contributed by atoms with Crippen molar-refractivity contribution >= 4 is 17.3 Å². The molecule has 104 valence electrons. The Balaban J connectivity index is 2.39. The zero-order valence-corrected chi connectivity index (χ0v) is 12.0. The van der Waals surface area contributed by atoms with E-state index in [0.29, 0.717) is 11.6 Å². The fourth-order valence-corrected chi connectivity index (χ4v) is 2.14. The Morgan fingerprint density at radius 1 is 1.20 bits per heavy atom. The molecule has 0 heterocycles. The number of hydrogen-bond donors (Lipinski definition) is 0. The summed E-state index contributed by atoms with van der Waals surface area (Å²) >= 11 is 5.72. The van der Waals surface area contributed by atoms with Gasteiger partial charge in [-0.25, -0.2) is 0 Å². The average molecular weight is 292 g/mol. The van der Waals surface area contributed by atoms with Crippen LogP contribution >= 0.6 is 11.6 Å². The summed E-state index contributed by atoms with van der Waals surface area (Å²) in [6.07, 6.45) is 0. The lowest BCUT2D eigenvalue weighted by Gasteiger charge is -2.10. The summed E-state index contributed by atoms with van der Waals surface area (Å²) in [5.41, 5.74) is 2.51. The van der Waals surface area contributed by atoms with Crippen LogP contribution in [0.4, 0.5) is 5.69 Å². The molecular formula is C15H14ClNO3. The molecule has 20 heavy (non-hydrogen) atoms.